The van der Waals surface area contributed by atoms with Crippen molar-refractivity contribution in [3.8, 4) is 0 Å². The molecule has 1 fully saturated rings. The molecule has 1 amide bonds. The van der Waals surface area contributed by atoms with Gasteiger partial charge in [0.05, 0.1) is 0 Å². The topological polar surface area (TPSA) is 66.9 Å². The van der Waals surface area contributed by atoms with Crippen molar-refractivity contribution in [1.82, 2.24) is 15.5 Å². The van der Waals surface area contributed by atoms with Crippen molar-refractivity contribution in [2.24, 2.45) is 0 Å². The van der Waals surface area contributed by atoms with E-state index in [1.165, 1.54) is 12.1 Å². The van der Waals surface area contributed by atoms with Gasteiger partial charge >= 0.3 is 6.18 Å². The fraction of sp³-hybridized carbons (Fsp3) is 0.545. The number of alkyl halides is 3. The molecule has 104 valence electrons. The van der Waals surface area contributed by atoms with Gasteiger partial charge in [-0.05, 0) is 31.9 Å². The van der Waals surface area contributed by atoms with Crippen molar-refractivity contribution in [2.75, 3.05) is 11.9 Å². The number of hydrogen-bond donors (Lipinski definition) is 2. The van der Waals surface area contributed by atoms with Crippen molar-refractivity contribution in [3.05, 3.63) is 17.8 Å². The number of rotatable bonds is 4. The highest BCUT2D eigenvalue weighted by Gasteiger charge is 2.64. The molecular weight excluding hydrogens is 261 g/mol. The Morgan fingerprint density at radius 2 is 2.05 bits per heavy atom. The molecule has 0 atom stereocenters. The van der Waals surface area contributed by atoms with Gasteiger partial charge in [0.2, 0.25) is 0 Å². The Labute approximate surface area is 107 Å². The highest BCUT2D eigenvalue weighted by molar-refractivity contribution is 5.93. The smallest absolute Gasteiger partial charge is 0.369 e. The monoisotopic (exact) mass is 274 g/mol. The van der Waals surface area contributed by atoms with E-state index in [2.05, 4.69) is 15.5 Å². The fourth-order valence-corrected chi connectivity index (χ4v) is 1.61. The van der Waals surface area contributed by atoms with Gasteiger partial charge in [0.15, 0.2) is 5.69 Å². The summed E-state index contributed by atoms with van der Waals surface area (Å²) in [6.45, 7) is 2.50. The highest BCUT2D eigenvalue weighted by atomic mass is 19.4. The summed E-state index contributed by atoms with van der Waals surface area (Å²) in [7, 11) is 0. The third-order valence-corrected chi connectivity index (χ3v) is 2.90. The third kappa shape index (κ3) is 2.77. The molecule has 0 saturated heterocycles. The number of anilines is 1. The molecule has 0 aliphatic heterocycles. The summed E-state index contributed by atoms with van der Waals surface area (Å²) in [5.41, 5.74) is -2.20. The average Bonchev–Trinajstić information content (AvgIpc) is 3.10. The molecule has 8 heteroatoms. The largest absolute Gasteiger partial charge is 0.411 e. The number of amides is 1. The van der Waals surface area contributed by atoms with E-state index in [1.54, 1.807) is 0 Å². The van der Waals surface area contributed by atoms with Gasteiger partial charge < -0.3 is 10.6 Å². The first-order valence-electron chi connectivity index (χ1n) is 5.85. The number of halogens is 3. The molecule has 0 unspecified atom stereocenters. The molecular formula is C11H13F3N4O. The molecule has 0 aromatic carbocycles. The predicted molar refractivity (Wildman–Crippen MR) is 61.7 cm³/mol. The van der Waals surface area contributed by atoms with Crippen LogP contribution in [0, 0.1) is 0 Å². The maximum absolute atomic E-state index is 12.7. The lowest BCUT2D eigenvalue weighted by Gasteiger charge is -2.20. The van der Waals surface area contributed by atoms with Crippen LogP contribution in [0.1, 0.15) is 30.3 Å². The number of carbonyl (C=O) groups is 1. The van der Waals surface area contributed by atoms with E-state index in [9.17, 15) is 18.0 Å². The molecule has 2 N–H and O–H groups in total. The maximum atomic E-state index is 12.7. The fourth-order valence-electron chi connectivity index (χ4n) is 1.61. The quantitative estimate of drug-likeness (QED) is 0.877. The SMILES string of the molecule is CCNc1ccc(C(=O)NC2(C(F)(F)F)CC2)nn1. The molecule has 1 aromatic rings. The first-order valence-corrected chi connectivity index (χ1v) is 5.85. The van der Waals surface area contributed by atoms with Gasteiger partial charge in [-0.1, -0.05) is 0 Å². The lowest BCUT2D eigenvalue weighted by Crippen LogP contribution is -2.48. The van der Waals surface area contributed by atoms with Crippen molar-refractivity contribution in [3.63, 3.8) is 0 Å². The van der Waals surface area contributed by atoms with E-state index in [0.29, 0.717) is 12.4 Å². The minimum atomic E-state index is -4.43. The van der Waals surface area contributed by atoms with Crippen molar-refractivity contribution >= 4 is 11.7 Å². The zero-order chi connectivity index (χ0) is 14.1. The van der Waals surface area contributed by atoms with E-state index in [0.717, 1.165) is 0 Å². The lowest BCUT2D eigenvalue weighted by atomic mass is 10.2. The molecule has 1 saturated carbocycles. The summed E-state index contributed by atoms with van der Waals surface area (Å²) in [6.07, 6.45) is -4.61. The summed E-state index contributed by atoms with van der Waals surface area (Å²) in [5.74, 6) is -0.388. The van der Waals surface area contributed by atoms with Crippen LogP contribution in [0.15, 0.2) is 12.1 Å². The minimum absolute atomic E-state index is 0.0921. The molecule has 1 aliphatic rings. The number of aromatic nitrogens is 2. The van der Waals surface area contributed by atoms with E-state index in [4.69, 9.17) is 0 Å². The van der Waals surface area contributed by atoms with E-state index >= 15 is 0 Å². The van der Waals surface area contributed by atoms with Gasteiger partial charge in [-0.3, -0.25) is 4.79 Å². The number of hydrogen-bond acceptors (Lipinski definition) is 4. The van der Waals surface area contributed by atoms with Crippen LogP contribution in [0.25, 0.3) is 0 Å². The second kappa shape index (κ2) is 4.67. The predicted octanol–water partition coefficient (Wildman–Crippen LogP) is 1.73. The number of nitrogens with one attached hydrogen (secondary N) is 2. The van der Waals surface area contributed by atoms with Gasteiger partial charge in [0.1, 0.15) is 11.4 Å². The molecule has 0 radical (unpaired) electrons. The Morgan fingerprint density at radius 3 is 2.47 bits per heavy atom. The summed E-state index contributed by atoms with van der Waals surface area (Å²) in [6, 6.07) is 2.84. The van der Waals surface area contributed by atoms with Gasteiger partial charge in [-0.2, -0.15) is 13.2 Å². The molecule has 1 aromatic heterocycles. The van der Waals surface area contributed by atoms with E-state index in [-0.39, 0.29) is 18.5 Å². The molecule has 2 rings (SSSR count). The van der Waals surface area contributed by atoms with E-state index in [1.807, 2.05) is 12.2 Å². The van der Waals surface area contributed by atoms with Gasteiger partial charge in [-0.15, -0.1) is 10.2 Å². The maximum Gasteiger partial charge on any atom is 0.411 e. The first kappa shape index (κ1) is 13.6. The van der Waals surface area contributed by atoms with Gasteiger partial charge in [-0.25, -0.2) is 0 Å². The van der Waals surface area contributed by atoms with Gasteiger partial charge in [0, 0.05) is 6.54 Å². The molecule has 1 heterocycles. The van der Waals surface area contributed by atoms with Gasteiger partial charge in [0.25, 0.3) is 5.91 Å². The lowest BCUT2D eigenvalue weighted by molar-refractivity contribution is -0.163. The summed E-state index contributed by atoms with van der Waals surface area (Å²) < 4.78 is 38.0. The summed E-state index contributed by atoms with van der Waals surface area (Å²) in [5, 5.41) is 12.2. The van der Waals surface area contributed by atoms with Crippen LogP contribution in [0.5, 0.6) is 0 Å². The van der Waals surface area contributed by atoms with Crippen LogP contribution in [0.4, 0.5) is 19.0 Å². The van der Waals surface area contributed by atoms with Crippen LogP contribution in [-0.2, 0) is 0 Å². The standard InChI is InChI=1S/C11H13F3N4O/c1-2-15-8-4-3-7(17-18-8)9(19)16-10(5-6-10)11(12,13)14/h3-4H,2,5-6H2,1H3,(H,15,18)(H,16,19). The zero-order valence-corrected chi connectivity index (χ0v) is 10.2. The Hall–Kier alpha value is -1.86. The molecule has 0 spiro atoms. The van der Waals surface area contributed by atoms with Crippen molar-refractivity contribution in [1.29, 1.82) is 0 Å². The third-order valence-electron chi connectivity index (χ3n) is 2.90. The van der Waals surface area contributed by atoms with Crippen LogP contribution in [-0.4, -0.2) is 34.4 Å². The summed E-state index contributed by atoms with van der Waals surface area (Å²) in [4.78, 5) is 11.7. The summed E-state index contributed by atoms with van der Waals surface area (Å²) >= 11 is 0. The molecule has 0 bridgehead atoms. The number of carbonyl (C=O) groups excluding carboxylic acids is 1. The molecule has 1 aliphatic carbocycles. The van der Waals surface area contributed by atoms with Crippen molar-refractivity contribution < 1.29 is 18.0 Å². The van der Waals surface area contributed by atoms with Crippen LogP contribution >= 0.6 is 0 Å². The normalized spacial score (nSPS) is 16.8. The minimum Gasteiger partial charge on any atom is -0.369 e. The zero-order valence-electron chi connectivity index (χ0n) is 10.2. The molecule has 19 heavy (non-hydrogen) atoms. The second-order valence-electron chi connectivity index (χ2n) is 4.37. The van der Waals surface area contributed by atoms with E-state index < -0.39 is 17.6 Å². The second-order valence-corrected chi connectivity index (χ2v) is 4.37. The highest BCUT2D eigenvalue weighted by Crippen LogP contribution is 2.48. The number of nitrogens with zero attached hydrogens (tertiary/aromatic N) is 2. The van der Waals surface area contributed by atoms with Crippen LogP contribution in [0.3, 0.4) is 0 Å². The molecule has 5 nitrogen and oxygen atoms in total. The Balaban J connectivity index is 2.04. The average molecular weight is 274 g/mol. The van der Waals surface area contributed by atoms with Crippen LogP contribution < -0.4 is 10.6 Å². The Bertz CT molecular complexity index is 468. The Kier molecular flexibility index (Phi) is 3.34. The van der Waals surface area contributed by atoms with Crippen LogP contribution in [0.2, 0.25) is 0 Å². The Morgan fingerprint density at radius 1 is 1.37 bits per heavy atom. The first-order chi connectivity index (χ1) is 8.88. The van der Waals surface area contributed by atoms with Crippen molar-refractivity contribution in [2.45, 2.75) is 31.5 Å².